The number of pyridine rings is 1. The molecule has 8 rings (SSSR count). The molecule has 3 heterocycles. The highest BCUT2D eigenvalue weighted by Gasteiger charge is 2.57. The lowest BCUT2D eigenvalue weighted by Crippen LogP contribution is -2.47. The fourth-order valence-electron chi connectivity index (χ4n) is 8.28. The molecule has 0 bridgehead atoms. The van der Waals surface area contributed by atoms with Gasteiger partial charge in [-0.3, -0.25) is 4.98 Å². The van der Waals surface area contributed by atoms with Crippen molar-refractivity contribution in [3.8, 4) is 0 Å². The van der Waals surface area contributed by atoms with E-state index >= 15 is 0 Å². The van der Waals surface area contributed by atoms with Gasteiger partial charge in [-0.05, 0) is 117 Å². The lowest BCUT2D eigenvalue weighted by atomic mass is 9.72. The Bertz CT molecular complexity index is 1750. The number of fused-ring (bicyclic) bond motifs is 2. The van der Waals surface area contributed by atoms with Gasteiger partial charge in [-0.2, -0.15) is 0 Å². The van der Waals surface area contributed by atoms with Crippen molar-refractivity contribution in [3.05, 3.63) is 82.2 Å². The molecule has 1 saturated heterocycles. The van der Waals surface area contributed by atoms with Crippen molar-refractivity contribution in [1.29, 1.82) is 0 Å². The van der Waals surface area contributed by atoms with Crippen molar-refractivity contribution in [3.63, 3.8) is 0 Å². The van der Waals surface area contributed by atoms with Gasteiger partial charge in [0.2, 0.25) is 0 Å². The molecule has 3 saturated carbocycles. The van der Waals surface area contributed by atoms with Gasteiger partial charge in [0.05, 0.1) is 30.0 Å². The first-order valence-electron chi connectivity index (χ1n) is 17.4. The molecule has 0 radical (unpaired) electrons. The van der Waals surface area contributed by atoms with Gasteiger partial charge in [0.25, 0.3) is 0 Å². The van der Waals surface area contributed by atoms with E-state index < -0.39 is 17.7 Å². The number of carbonyl (C=O) groups excluding carboxylic acids is 2. The minimum Gasteiger partial charge on any atom is -0.446 e. The molecule has 0 spiro atoms. The fourth-order valence-corrected chi connectivity index (χ4v) is 8.46. The summed E-state index contributed by atoms with van der Waals surface area (Å²) in [5.74, 6) is 0.190. The van der Waals surface area contributed by atoms with E-state index in [1.54, 1.807) is 29.7 Å². The van der Waals surface area contributed by atoms with Crippen LogP contribution in [0.15, 0.2) is 49.1 Å². The van der Waals surface area contributed by atoms with Crippen LogP contribution in [0.3, 0.4) is 0 Å². The molecule has 1 aromatic carbocycles. The number of aliphatic hydroxyl groups is 1. The maximum absolute atomic E-state index is 13.6. The molecular formula is C37H42ClN5O5. The maximum atomic E-state index is 13.6. The number of nitrogens with zero attached hydrogens (tertiary/aromatic N) is 4. The van der Waals surface area contributed by atoms with Crippen LogP contribution in [0.25, 0.3) is 11.6 Å². The zero-order chi connectivity index (χ0) is 33.0. The molecule has 252 valence electrons. The van der Waals surface area contributed by atoms with E-state index in [0.29, 0.717) is 53.7 Å². The van der Waals surface area contributed by atoms with Gasteiger partial charge in [-0.15, -0.1) is 0 Å². The number of likely N-dealkylation sites (tertiary alicyclic amines) is 1. The second-order valence-corrected chi connectivity index (χ2v) is 14.7. The van der Waals surface area contributed by atoms with E-state index in [1.165, 1.54) is 0 Å². The maximum Gasteiger partial charge on any atom is 0.410 e. The minimum atomic E-state index is -1.50. The predicted molar refractivity (Wildman–Crippen MR) is 180 cm³/mol. The van der Waals surface area contributed by atoms with Crippen molar-refractivity contribution in [1.82, 2.24) is 24.8 Å². The number of alkyl carbamates (subject to hydrolysis) is 1. The van der Waals surface area contributed by atoms with Crippen LogP contribution in [-0.2, 0) is 22.1 Å². The summed E-state index contributed by atoms with van der Waals surface area (Å²) >= 11 is 6.70. The van der Waals surface area contributed by atoms with E-state index in [1.807, 2.05) is 42.0 Å². The summed E-state index contributed by atoms with van der Waals surface area (Å²) in [6.07, 6.45) is 15.5. The molecule has 11 heteroatoms. The number of hydrogen-bond acceptors (Lipinski definition) is 7. The largest absolute Gasteiger partial charge is 0.446 e. The van der Waals surface area contributed by atoms with Crippen LogP contribution < -0.4 is 5.32 Å². The number of rotatable bonds is 7. The summed E-state index contributed by atoms with van der Waals surface area (Å²) in [5, 5.41) is 16.8. The van der Waals surface area contributed by atoms with Crippen LogP contribution in [0.1, 0.15) is 98.3 Å². The molecule has 2 N–H and O–H groups in total. The summed E-state index contributed by atoms with van der Waals surface area (Å²) in [4.78, 5) is 37.6. The monoisotopic (exact) mass is 671 g/mol. The molecule has 2 atom stereocenters. The van der Waals surface area contributed by atoms with Crippen LogP contribution >= 0.6 is 11.6 Å². The third-order valence-corrected chi connectivity index (χ3v) is 11.4. The first-order valence-corrected chi connectivity index (χ1v) is 17.7. The molecule has 2 amide bonds. The number of aromatic nitrogens is 3. The highest BCUT2D eigenvalue weighted by Crippen LogP contribution is 2.56. The number of ether oxygens (including phenoxy) is 2. The number of piperidine rings is 1. The smallest absolute Gasteiger partial charge is 0.410 e. The Morgan fingerprint density at radius 1 is 1.06 bits per heavy atom. The lowest BCUT2D eigenvalue weighted by molar-refractivity contribution is -0.0204. The van der Waals surface area contributed by atoms with Gasteiger partial charge in [0.15, 0.2) is 0 Å². The van der Waals surface area contributed by atoms with Gasteiger partial charge in [0.1, 0.15) is 17.3 Å². The van der Waals surface area contributed by atoms with E-state index in [0.717, 1.165) is 68.2 Å². The third-order valence-electron chi connectivity index (χ3n) is 11.2. The number of amides is 2. The van der Waals surface area contributed by atoms with Crippen LogP contribution in [0.4, 0.5) is 9.59 Å². The number of hydrogen-bond donors (Lipinski definition) is 2. The standard InChI is InChI=1S/C37H42ClN5O5/c1-42-22-39-21-31(42)32(41-34(44)48-36(14-15-36)24-8-9-24)29-19-23-5-4-16-40-33(23)37(46,30-11-10-26(38)20-28(29)30)25-12-17-43(18-13-25)35(45)47-27-6-2-3-7-27/h4-5,10-11,16,19-22,24-25,27,32,46H,2-3,6-9,12-15,17-18H2,1H3,(H,41,44). The van der Waals surface area contributed by atoms with Gasteiger partial charge in [-0.25, -0.2) is 14.6 Å². The second kappa shape index (κ2) is 12.2. The molecule has 3 aromatic rings. The van der Waals surface area contributed by atoms with Crippen LogP contribution in [0.2, 0.25) is 5.02 Å². The average molecular weight is 672 g/mol. The van der Waals surface area contributed by atoms with Gasteiger partial charge >= 0.3 is 12.2 Å². The molecule has 10 nitrogen and oxygen atoms in total. The van der Waals surface area contributed by atoms with Gasteiger partial charge in [0, 0.05) is 37.3 Å². The number of nitrogens with one attached hydrogen (secondary N) is 1. The number of halogens is 1. The molecule has 48 heavy (non-hydrogen) atoms. The zero-order valence-corrected chi connectivity index (χ0v) is 28.0. The molecule has 4 fully saturated rings. The predicted octanol–water partition coefficient (Wildman–Crippen LogP) is 6.76. The quantitative estimate of drug-likeness (QED) is 0.285. The molecule has 2 unspecified atom stereocenters. The summed E-state index contributed by atoms with van der Waals surface area (Å²) < 4.78 is 13.8. The molecule has 1 aliphatic heterocycles. The van der Waals surface area contributed by atoms with Crippen molar-refractivity contribution in [2.75, 3.05) is 13.1 Å². The summed E-state index contributed by atoms with van der Waals surface area (Å²) in [6, 6.07) is 8.65. The molecule has 5 aliphatic rings. The fraction of sp³-hybridized carbons (Fsp3) is 0.514. The van der Waals surface area contributed by atoms with Gasteiger partial charge < -0.3 is 29.4 Å². The SMILES string of the molecule is Cn1cncc1C(NC(=O)OC1(C2CC2)CC1)C1=Cc2cccnc2C(O)(C2CCN(C(=O)OC3CCCC3)CC2)c2ccc(Cl)cc21. The van der Waals surface area contributed by atoms with E-state index in [9.17, 15) is 14.7 Å². The van der Waals surface area contributed by atoms with E-state index in [-0.39, 0.29) is 23.7 Å². The number of benzene rings is 1. The summed E-state index contributed by atoms with van der Waals surface area (Å²) in [7, 11) is 1.89. The summed E-state index contributed by atoms with van der Waals surface area (Å²) in [6.45, 7) is 0.940. The highest BCUT2D eigenvalue weighted by atomic mass is 35.5. The number of carbonyl (C=O) groups is 2. The second-order valence-electron chi connectivity index (χ2n) is 14.3. The Hall–Kier alpha value is -3.89. The lowest BCUT2D eigenvalue weighted by Gasteiger charge is -2.42. The van der Waals surface area contributed by atoms with Crippen LogP contribution in [0, 0.1) is 11.8 Å². The normalized spacial score (nSPS) is 24.1. The highest BCUT2D eigenvalue weighted by molar-refractivity contribution is 6.30. The third kappa shape index (κ3) is 5.66. The van der Waals surface area contributed by atoms with Crippen LogP contribution in [-0.4, -0.2) is 61.5 Å². The Kier molecular flexibility index (Phi) is 7.99. The van der Waals surface area contributed by atoms with Crippen molar-refractivity contribution in [2.45, 2.75) is 87.6 Å². The van der Waals surface area contributed by atoms with Crippen molar-refractivity contribution in [2.24, 2.45) is 18.9 Å². The average Bonchev–Trinajstić information content (AvgIpc) is 4.00. The summed E-state index contributed by atoms with van der Waals surface area (Å²) in [5.41, 5.74) is 2.28. The first kappa shape index (κ1) is 31.4. The van der Waals surface area contributed by atoms with E-state index in [4.69, 9.17) is 26.1 Å². The molecule has 2 aromatic heterocycles. The number of aryl methyl sites for hydroxylation is 1. The zero-order valence-electron chi connectivity index (χ0n) is 27.2. The van der Waals surface area contributed by atoms with Crippen LogP contribution in [0.5, 0.6) is 0 Å². The Morgan fingerprint density at radius 3 is 2.52 bits per heavy atom. The Morgan fingerprint density at radius 2 is 1.83 bits per heavy atom. The topological polar surface area (TPSA) is 119 Å². The minimum absolute atomic E-state index is 0.000224. The Balaban J connectivity index is 1.16. The first-order chi connectivity index (χ1) is 23.2. The Labute approximate surface area is 285 Å². The number of imidazole rings is 1. The van der Waals surface area contributed by atoms with Crippen molar-refractivity contribution < 1.29 is 24.2 Å². The molecule has 4 aliphatic carbocycles. The van der Waals surface area contributed by atoms with Gasteiger partial charge in [-0.1, -0.05) is 23.7 Å². The van der Waals surface area contributed by atoms with E-state index in [2.05, 4.69) is 10.3 Å². The molecular weight excluding hydrogens is 630 g/mol. The van der Waals surface area contributed by atoms with Crippen molar-refractivity contribution >= 4 is 35.4 Å².